The van der Waals surface area contributed by atoms with Gasteiger partial charge in [-0.05, 0) is 24.3 Å². The van der Waals surface area contributed by atoms with Crippen molar-refractivity contribution in [1.82, 2.24) is 9.78 Å². The Morgan fingerprint density at radius 3 is 2.26 bits per heavy atom. The third-order valence-corrected chi connectivity index (χ3v) is 4.23. The first kappa shape index (κ1) is 15.0. The Labute approximate surface area is 133 Å². The molecule has 0 atom stereocenters. The summed E-state index contributed by atoms with van der Waals surface area (Å²) in [6.07, 6.45) is 0. The van der Waals surface area contributed by atoms with E-state index >= 15 is 0 Å². The predicted octanol–water partition coefficient (Wildman–Crippen LogP) is 2.06. The van der Waals surface area contributed by atoms with Gasteiger partial charge in [0.05, 0.1) is 16.3 Å². The number of hydrogen-bond acceptors (Lipinski definition) is 4. The molecule has 7 heteroatoms. The van der Waals surface area contributed by atoms with Crippen LogP contribution in [0, 0.1) is 11.3 Å². The highest BCUT2D eigenvalue weighted by atomic mass is 32.2. The van der Waals surface area contributed by atoms with Gasteiger partial charge in [-0.15, -0.1) is 0 Å². The second-order valence-corrected chi connectivity index (χ2v) is 6.40. The molecule has 2 N–H and O–H groups in total. The van der Waals surface area contributed by atoms with E-state index in [1.807, 2.05) is 36.4 Å². The van der Waals surface area contributed by atoms with E-state index in [2.05, 4.69) is 5.10 Å². The van der Waals surface area contributed by atoms with Crippen LogP contribution in [0.25, 0.3) is 16.9 Å². The van der Waals surface area contributed by atoms with Crippen molar-refractivity contribution in [3.63, 3.8) is 0 Å². The van der Waals surface area contributed by atoms with Crippen molar-refractivity contribution < 1.29 is 8.42 Å². The average Bonchev–Trinajstić information content (AvgIpc) is 2.99. The number of sulfonamides is 1. The molecule has 0 spiro atoms. The zero-order valence-corrected chi connectivity index (χ0v) is 12.7. The molecule has 0 aliphatic heterocycles. The standard InChI is InChI=1S/C16H12N4O2S/c17-11-13-10-16(12-4-2-1-3-5-12)20(19-13)14-6-8-15(9-7-14)23(18,21)22/h1-10H,(H2,18,21,22). The largest absolute Gasteiger partial charge is 0.238 e. The summed E-state index contributed by atoms with van der Waals surface area (Å²) in [5, 5.41) is 18.4. The number of primary sulfonamides is 1. The molecule has 114 valence electrons. The number of nitrogens with two attached hydrogens (primary N) is 1. The highest BCUT2D eigenvalue weighted by Gasteiger charge is 2.13. The quantitative estimate of drug-likeness (QED) is 0.796. The van der Waals surface area contributed by atoms with Crippen molar-refractivity contribution in [3.8, 4) is 23.0 Å². The van der Waals surface area contributed by atoms with Gasteiger partial charge in [-0.1, -0.05) is 30.3 Å². The monoisotopic (exact) mass is 324 g/mol. The van der Waals surface area contributed by atoms with Gasteiger partial charge in [-0.2, -0.15) is 10.4 Å². The Balaban J connectivity index is 2.13. The van der Waals surface area contributed by atoms with Crippen molar-refractivity contribution >= 4 is 10.0 Å². The van der Waals surface area contributed by atoms with Gasteiger partial charge >= 0.3 is 0 Å². The van der Waals surface area contributed by atoms with E-state index in [1.165, 1.54) is 12.1 Å². The molecule has 0 radical (unpaired) electrons. The van der Waals surface area contributed by atoms with Crippen LogP contribution < -0.4 is 5.14 Å². The highest BCUT2D eigenvalue weighted by Crippen LogP contribution is 2.24. The summed E-state index contributed by atoms with van der Waals surface area (Å²) < 4.78 is 24.3. The molecule has 0 saturated carbocycles. The Bertz CT molecular complexity index is 985. The molecule has 0 aliphatic carbocycles. The number of rotatable bonds is 3. The van der Waals surface area contributed by atoms with Crippen LogP contribution in [0.4, 0.5) is 0 Å². The maximum atomic E-state index is 11.3. The maximum absolute atomic E-state index is 11.3. The van der Waals surface area contributed by atoms with Crippen LogP contribution in [-0.4, -0.2) is 18.2 Å². The van der Waals surface area contributed by atoms with Gasteiger partial charge in [0.2, 0.25) is 10.0 Å². The highest BCUT2D eigenvalue weighted by molar-refractivity contribution is 7.89. The summed E-state index contributed by atoms with van der Waals surface area (Å²) >= 11 is 0. The number of nitriles is 1. The van der Waals surface area contributed by atoms with Gasteiger partial charge in [0.1, 0.15) is 6.07 Å². The summed E-state index contributed by atoms with van der Waals surface area (Å²) in [5.41, 5.74) is 2.56. The number of benzene rings is 2. The summed E-state index contributed by atoms with van der Waals surface area (Å²) in [6, 6.07) is 19.2. The normalized spacial score (nSPS) is 11.1. The predicted molar refractivity (Wildman–Crippen MR) is 85.1 cm³/mol. The molecular weight excluding hydrogens is 312 g/mol. The van der Waals surface area contributed by atoms with Crippen LogP contribution in [0.15, 0.2) is 65.6 Å². The van der Waals surface area contributed by atoms with E-state index in [-0.39, 0.29) is 10.6 Å². The van der Waals surface area contributed by atoms with Crippen LogP contribution in [-0.2, 0) is 10.0 Å². The fourth-order valence-corrected chi connectivity index (χ4v) is 2.74. The molecule has 3 rings (SSSR count). The molecule has 0 saturated heterocycles. The van der Waals surface area contributed by atoms with Gasteiger partial charge in [-0.25, -0.2) is 18.2 Å². The zero-order chi connectivity index (χ0) is 16.4. The minimum absolute atomic E-state index is 0.0233. The molecular formula is C16H12N4O2S. The number of aromatic nitrogens is 2. The van der Waals surface area contributed by atoms with Crippen molar-refractivity contribution in [2.24, 2.45) is 5.14 Å². The van der Waals surface area contributed by atoms with Gasteiger partial charge in [0.25, 0.3) is 0 Å². The molecule has 3 aromatic rings. The first-order valence-electron chi connectivity index (χ1n) is 6.68. The fourth-order valence-electron chi connectivity index (χ4n) is 2.22. The summed E-state index contributed by atoms with van der Waals surface area (Å²) in [7, 11) is -3.75. The summed E-state index contributed by atoms with van der Waals surface area (Å²) in [4.78, 5) is 0.0233. The Morgan fingerprint density at radius 1 is 1.04 bits per heavy atom. The fraction of sp³-hybridized carbons (Fsp3) is 0. The minimum Gasteiger partial charge on any atom is -0.232 e. The van der Waals surface area contributed by atoms with Gasteiger partial charge in [0.15, 0.2) is 5.69 Å². The van der Waals surface area contributed by atoms with Crippen LogP contribution in [0.2, 0.25) is 0 Å². The van der Waals surface area contributed by atoms with Crippen molar-refractivity contribution in [1.29, 1.82) is 5.26 Å². The number of hydrogen-bond donors (Lipinski definition) is 1. The van der Waals surface area contributed by atoms with Crippen molar-refractivity contribution in [2.45, 2.75) is 4.90 Å². The lowest BCUT2D eigenvalue weighted by Gasteiger charge is -2.08. The molecule has 0 bridgehead atoms. The first-order chi connectivity index (χ1) is 11.0. The smallest absolute Gasteiger partial charge is 0.232 e. The molecule has 6 nitrogen and oxygen atoms in total. The molecule has 0 unspecified atom stereocenters. The van der Waals surface area contributed by atoms with E-state index in [9.17, 15) is 8.42 Å². The topological polar surface area (TPSA) is 102 Å². The van der Waals surface area contributed by atoms with Gasteiger partial charge in [-0.3, -0.25) is 0 Å². The lowest BCUT2D eigenvalue weighted by atomic mass is 10.1. The van der Waals surface area contributed by atoms with Crippen molar-refractivity contribution in [3.05, 3.63) is 66.4 Å². The molecule has 0 amide bonds. The van der Waals surface area contributed by atoms with E-state index in [0.717, 1.165) is 11.3 Å². The van der Waals surface area contributed by atoms with Crippen LogP contribution in [0.5, 0.6) is 0 Å². The molecule has 2 aromatic carbocycles. The number of nitrogens with zero attached hydrogens (tertiary/aromatic N) is 3. The molecule has 1 aromatic heterocycles. The van der Waals surface area contributed by atoms with E-state index < -0.39 is 10.0 Å². The maximum Gasteiger partial charge on any atom is 0.238 e. The minimum atomic E-state index is -3.75. The van der Waals surface area contributed by atoms with Crippen LogP contribution in [0.1, 0.15) is 5.69 Å². The van der Waals surface area contributed by atoms with E-state index in [4.69, 9.17) is 10.4 Å². The van der Waals surface area contributed by atoms with Crippen LogP contribution in [0.3, 0.4) is 0 Å². The average molecular weight is 324 g/mol. The zero-order valence-electron chi connectivity index (χ0n) is 11.9. The molecule has 1 heterocycles. The third kappa shape index (κ3) is 2.99. The van der Waals surface area contributed by atoms with E-state index in [0.29, 0.717) is 5.69 Å². The second kappa shape index (κ2) is 5.68. The first-order valence-corrected chi connectivity index (χ1v) is 8.22. The van der Waals surface area contributed by atoms with Crippen LogP contribution >= 0.6 is 0 Å². The summed E-state index contributed by atoms with van der Waals surface area (Å²) in [6.45, 7) is 0. The lowest BCUT2D eigenvalue weighted by Crippen LogP contribution is -2.12. The van der Waals surface area contributed by atoms with E-state index in [1.54, 1.807) is 22.9 Å². The summed E-state index contributed by atoms with van der Waals surface area (Å²) in [5.74, 6) is 0. The second-order valence-electron chi connectivity index (χ2n) is 4.84. The Hall–Kier alpha value is -2.95. The van der Waals surface area contributed by atoms with Crippen molar-refractivity contribution in [2.75, 3.05) is 0 Å². The third-order valence-electron chi connectivity index (χ3n) is 3.30. The van der Waals surface area contributed by atoms with Gasteiger partial charge in [0, 0.05) is 11.6 Å². The Kier molecular flexibility index (Phi) is 3.70. The molecule has 0 aliphatic rings. The molecule has 0 fully saturated rings. The SMILES string of the molecule is N#Cc1cc(-c2ccccc2)n(-c2ccc(S(N)(=O)=O)cc2)n1. The Morgan fingerprint density at radius 2 is 1.70 bits per heavy atom. The molecule has 23 heavy (non-hydrogen) atoms. The van der Waals surface area contributed by atoms with Gasteiger partial charge < -0.3 is 0 Å². The lowest BCUT2D eigenvalue weighted by molar-refractivity contribution is 0.598.